The van der Waals surface area contributed by atoms with E-state index in [-0.39, 0.29) is 23.9 Å². The molecule has 0 spiro atoms. The summed E-state index contributed by atoms with van der Waals surface area (Å²) in [7, 11) is -2.17. The number of rotatable bonds is 3. The van der Waals surface area contributed by atoms with Crippen LogP contribution in [0.3, 0.4) is 0 Å². The van der Waals surface area contributed by atoms with Gasteiger partial charge in [-0.05, 0) is 63.1 Å². The van der Waals surface area contributed by atoms with Gasteiger partial charge in [-0.3, -0.25) is 9.78 Å². The molecule has 0 radical (unpaired) electrons. The molecular formula is C21H25N3O4S. The summed E-state index contributed by atoms with van der Waals surface area (Å²) in [4.78, 5) is 19.5. The molecule has 4 rings (SSSR count). The molecule has 2 aliphatic rings. The number of piperazine rings is 1. The van der Waals surface area contributed by atoms with Crippen molar-refractivity contribution in [1.82, 2.24) is 14.2 Å². The van der Waals surface area contributed by atoms with Crippen molar-refractivity contribution >= 4 is 15.9 Å². The summed E-state index contributed by atoms with van der Waals surface area (Å²) >= 11 is 0. The van der Waals surface area contributed by atoms with Gasteiger partial charge in [0, 0.05) is 25.3 Å². The topological polar surface area (TPSA) is 79.8 Å². The molecule has 29 heavy (non-hydrogen) atoms. The lowest BCUT2D eigenvalue weighted by Gasteiger charge is -2.44. The summed E-state index contributed by atoms with van der Waals surface area (Å²) in [5, 5.41) is 0. The minimum Gasteiger partial charge on any atom is -0.496 e. The highest BCUT2D eigenvalue weighted by molar-refractivity contribution is 7.89. The quantitative estimate of drug-likeness (QED) is 0.769. The van der Waals surface area contributed by atoms with Crippen LogP contribution in [-0.4, -0.2) is 55.3 Å². The maximum atomic E-state index is 13.5. The number of aryl methyl sites for hydroxylation is 3. The number of methoxy groups -OCH3 is 1. The van der Waals surface area contributed by atoms with Crippen LogP contribution in [0, 0.1) is 20.8 Å². The number of sulfonamides is 1. The molecule has 154 valence electrons. The van der Waals surface area contributed by atoms with Gasteiger partial charge in [0.25, 0.3) is 5.91 Å². The Bertz CT molecular complexity index is 1130. The van der Waals surface area contributed by atoms with E-state index in [9.17, 15) is 13.2 Å². The van der Waals surface area contributed by atoms with Crippen LogP contribution in [0.15, 0.2) is 29.2 Å². The number of fused-ring (bicyclic) bond motifs is 3. The second-order valence-corrected chi connectivity index (χ2v) is 9.91. The number of hydrogen-bond donors (Lipinski definition) is 0. The summed E-state index contributed by atoms with van der Waals surface area (Å²) in [6, 6.07) is 7.02. The van der Waals surface area contributed by atoms with Gasteiger partial charge in [-0.25, -0.2) is 8.42 Å². The van der Waals surface area contributed by atoms with E-state index in [1.807, 2.05) is 26.8 Å². The van der Waals surface area contributed by atoms with Crippen LogP contribution in [-0.2, 0) is 15.6 Å². The molecule has 1 saturated heterocycles. The zero-order valence-corrected chi connectivity index (χ0v) is 18.1. The molecule has 2 aromatic rings. The summed E-state index contributed by atoms with van der Waals surface area (Å²) in [6.07, 6.45) is 0. The zero-order valence-electron chi connectivity index (χ0n) is 17.3. The Morgan fingerprint density at radius 3 is 2.52 bits per heavy atom. The van der Waals surface area contributed by atoms with Crippen molar-refractivity contribution in [2.75, 3.05) is 26.7 Å². The van der Waals surface area contributed by atoms with Crippen molar-refractivity contribution < 1.29 is 17.9 Å². The van der Waals surface area contributed by atoms with Crippen LogP contribution in [0.4, 0.5) is 0 Å². The number of carbonyl (C=O) groups is 1. The largest absolute Gasteiger partial charge is 0.496 e. The molecule has 0 bridgehead atoms. The second-order valence-electron chi connectivity index (χ2n) is 8.01. The van der Waals surface area contributed by atoms with Gasteiger partial charge in [0.05, 0.1) is 28.8 Å². The van der Waals surface area contributed by atoms with Gasteiger partial charge in [0.2, 0.25) is 10.0 Å². The molecule has 8 heteroatoms. The molecule has 0 N–H and O–H groups in total. The summed E-state index contributed by atoms with van der Waals surface area (Å²) in [5.74, 6) is 0.580. The monoisotopic (exact) mass is 415 g/mol. The highest BCUT2D eigenvalue weighted by Crippen LogP contribution is 2.42. The zero-order chi connectivity index (χ0) is 21.1. The maximum Gasteiger partial charge on any atom is 0.256 e. The van der Waals surface area contributed by atoms with E-state index < -0.39 is 15.6 Å². The number of nitrogens with zero attached hydrogens (tertiary/aromatic N) is 3. The first-order valence-electron chi connectivity index (χ1n) is 9.55. The molecule has 7 nitrogen and oxygen atoms in total. The summed E-state index contributed by atoms with van der Waals surface area (Å²) in [6.45, 7) is 8.13. The van der Waals surface area contributed by atoms with Gasteiger partial charge in [-0.15, -0.1) is 0 Å². The summed E-state index contributed by atoms with van der Waals surface area (Å²) in [5.41, 5.74) is 2.65. The first kappa shape index (κ1) is 19.8. The third kappa shape index (κ3) is 2.85. The number of aromatic nitrogens is 1. The third-order valence-electron chi connectivity index (χ3n) is 5.98. The van der Waals surface area contributed by atoms with Crippen LogP contribution in [0.2, 0.25) is 0 Å². The maximum absolute atomic E-state index is 13.5. The molecule has 0 saturated carbocycles. The van der Waals surface area contributed by atoms with Gasteiger partial charge < -0.3 is 9.64 Å². The van der Waals surface area contributed by atoms with Crippen LogP contribution in [0.5, 0.6) is 5.75 Å². The fraction of sp³-hybridized carbons (Fsp3) is 0.429. The van der Waals surface area contributed by atoms with E-state index in [0.29, 0.717) is 29.1 Å². The third-order valence-corrected chi connectivity index (χ3v) is 7.97. The Hall–Kier alpha value is -2.45. The van der Waals surface area contributed by atoms with Crippen LogP contribution in [0.25, 0.3) is 0 Å². The lowest BCUT2D eigenvalue weighted by molar-refractivity contribution is 0.0365. The van der Waals surface area contributed by atoms with E-state index >= 15 is 0 Å². The fourth-order valence-corrected chi connectivity index (χ4v) is 6.20. The minimum absolute atomic E-state index is 0.0801. The van der Waals surface area contributed by atoms with Crippen molar-refractivity contribution in [3.8, 4) is 5.75 Å². The number of ether oxygens (including phenoxy) is 1. The van der Waals surface area contributed by atoms with Crippen molar-refractivity contribution in [3.05, 3.63) is 52.3 Å². The van der Waals surface area contributed by atoms with Crippen LogP contribution >= 0.6 is 0 Å². The molecule has 2 aliphatic heterocycles. The molecule has 1 aromatic carbocycles. The average Bonchev–Trinajstić information content (AvgIpc) is 2.89. The molecule has 1 aromatic heterocycles. The smallest absolute Gasteiger partial charge is 0.256 e. The van der Waals surface area contributed by atoms with Crippen LogP contribution in [0.1, 0.15) is 39.8 Å². The lowest BCUT2D eigenvalue weighted by Crippen LogP contribution is -2.58. The van der Waals surface area contributed by atoms with E-state index in [1.165, 1.54) is 4.31 Å². The second kappa shape index (κ2) is 6.53. The van der Waals surface area contributed by atoms with E-state index in [4.69, 9.17) is 4.74 Å². The van der Waals surface area contributed by atoms with Crippen molar-refractivity contribution in [1.29, 1.82) is 0 Å². The Labute approximate surface area is 171 Å². The lowest BCUT2D eigenvalue weighted by atomic mass is 9.95. The number of amides is 1. The molecule has 1 unspecified atom stereocenters. The van der Waals surface area contributed by atoms with Gasteiger partial charge in [-0.1, -0.05) is 0 Å². The SMILES string of the molecule is COc1cc(C)c(S(=O)(=O)N2CCN3C(=O)c4ccc(C)nc4C3(C)C2)cc1C. The minimum atomic E-state index is -3.74. The van der Waals surface area contributed by atoms with E-state index in [0.717, 1.165) is 11.3 Å². The molecule has 1 atom stereocenters. The van der Waals surface area contributed by atoms with E-state index in [1.54, 1.807) is 37.1 Å². The average molecular weight is 416 g/mol. The molecule has 1 fully saturated rings. The van der Waals surface area contributed by atoms with Crippen molar-refractivity contribution in [2.45, 2.75) is 38.1 Å². The predicted octanol–water partition coefficient (Wildman–Crippen LogP) is 2.39. The van der Waals surface area contributed by atoms with Gasteiger partial charge >= 0.3 is 0 Å². The first-order valence-corrected chi connectivity index (χ1v) is 11.0. The Kier molecular flexibility index (Phi) is 4.47. The number of pyridine rings is 1. The Morgan fingerprint density at radius 2 is 1.83 bits per heavy atom. The summed E-state index contributed by atoms with van der Waals surface area (Å²) < 4.78 is 33.8. The fourth-order valence-electron chi connectivity index (χ4n) is 4.39. The first-order chi connectivity index (χ1) is 13.6. The standard InChI is InChI=1S/C21H25N3O4S/c1-13-11-18(14(2)10-17(13)28-5)29(26,27)23-8-9-24-20(25)16-7-6-15(3)22-19(16)21(24,4)12-23/h6-7,10-11H,8-9,12H2,1-5H3. The van der Waals surface area contributed by atoms with E-state index in [2.05, 4.69) is 4.98 Å². The predicted molar refractivity (Wildman–Crippen MR) is 109 cm³/mol. The van der Waals surface area contributed by atoms with Crippen LogP contribution < -0.4 is 4.74 Å². The van der Waals surface area contributed by atoms with Crippen molar-refractivity contribution in [2.24, 2.45) is 0 Å². The molecule has 1 amide bonds. The molecular weight excluding hydrogens is 390 g/mol. The number of carbonyl (C=O) groups excluding carboxylic acids is 1. The molecule has 0 aliphatic carbocycles. The van der Waals surface area contributed by atoms with Gasteiger partial charge in [0.15, 0.2) is 0 Å². The normalized spacial score (nSPS) is 21.8. The van der Waals surface area contributed by atoms with Gasteiger partial charge in [-0.2, -0.15) is 4.31 Å². The number of hydrogen-bond acceptors (Lipinski definition) is 5. The number of benzene rings is 1. The Morgan fingerprint density at radius 1 is 1.10 bits per heavy atom. The Balaban J connectivity index is 1.76. The highest BCUT2D eigenvalue weighted by atomic mass is 32.2. The van der Waals surface area contributed by atoms with Gasteiger partial charge in [0.1, 0.15) is 5.75 Å². The highest BCUT2D eigenvalue weighted by Gasteiger charge is 2.52. The molecule has 3 heterocycles. The van der Waals surface area contributed by atoms with Crippen molar-refractivity contribution in [3.63, 3.8) is 0 Å².